The fourth-order valence-corrected chi connectivity index (χ4v) is 5.97. The normalized spacial score (nSPS) is 17.8. The molecule has 1 atom stereocenters. The highest BCUT2D eigenvalue weighted by atomic mass is 15.1. The van der Waals surface area contributed by atoms with Gasteiger partial charge in [0.2, 0.25) is 0 Å². The van der Waals surface area contributed by atoms with Crippen LogP contribution >= 0.6 is 0 Å². The molecule has 1 aliphatic rings. The van der Waals surface area contributed by atoms with E-state index in [0.717, 1.165) is 40.4 Å². The summed E-state index contributed by atoms with van der Waals surface area (Å²) in [7, 11) is 0. The molecule has 0 bridgehead atoms. The molecule has 4 aromatic rings. The number of imidazole rings is 1. The van der Waals surface area contributed by atoms with E-state index in [-0.39, 0.29) is 5.41 Å². The van der Waals surface area contributed by atoms with Crippen LogP contribution in [-0.2, 0) is 6.54 Å². The SMILES string of the molecule is C=CC(=C)C(/C=C\C)=C(/C)c1nc(/C=C\C)c(C=C)n1C/C=C/[C@@]1(C)C=CC(n2c3ccccc3c3ccccc32)=CC1. The minimum atomic E-state index is -0.0956. The highest BCUT2D eigenvalue weighted by Crippen LogP contribution is 2.37. The van der Waals surface area contributed by atoms with E-state index in [2.05, 4.69) is 128 Å². The van der Waals surface area contributed by atoms with Gasteiger partial charge in [0.1, 0.15) is 5.82 Å². The van der Waals surface area contributed by atoms with E-state index < -0.39 is 0 Å². The number of fused-ring (bicyclic) bond motifs is 3. The molecule has 2 heterocycles. The summed E-state index contributed by atoms with van der Waals surface area (Å²) in [5, 5.41) is 2.57. The van der Waals surface area contributed by atoms with Crippen molar-refractivity contribution < 1.29 is 0 Å². The largest absolute Gasteiger partial charge is 0.320 e. The fourth-order valence-electron chi connectivity index (χ4n) is 5.97. The van der Waals surface area contributed by atoms with Gasteiger partial charge >= 0.3 is 0 Å². The quantitative estimate of drug-likeness (QED) is 0.139. The summed E-state index contributed by atoms with van der Waals surface area (Å²) >= 11 is 0. The Labute approximate surface area is 256 Å². The van der Waals surface area contributed by atoms with Gasteiger partial charge in [-0.1, -0.05) is 112 Å². The second kappa shape index (κ2) is 12.5. The highest BCUT2D eigenvalue weighted by Gasteiger charge is 2.22. The van der Waals surface area contributed by atoms with Gasteiger partial charge in [0.05, 0.1) is 22.4 Å². The fraction of sp³-hybridized carbons (Fsp3) is 0.175. The maximum Gasteiger partial charge on any atom is 0.137 e. The van der Waals surface area contributed by atoms with Gasteiger partial charge in [0.25, 0.3) is 0 Å². The number of nitrogens with zero attached hydrogens (tertiary/aromatic N) is 3. The predicted molar refractivity (Wildman–Crippen MR) is 188 cm³/mol. The van der Waals surface area contributed by atoms with E-state index in [1.165, 1.54) is 27.5 Å². The van der Waals surface area contributed by atoms with E-state index in [4.69, 9.17) is 4.98 Å². The Morgan fingerprint density at radius 3 is 2.23 bits per heavy atom. The molecule has 0 aliphatic heterocycles. The van der Waals surface area contributed by atoms with Crippen LogP contribution < -0.4 is 0 Å². The number of rotatable bonds is 10. The maximum absolute atomic E-state index is 5.04. The van der Waals surface area contributed by atoms with Crippen LogP contribution in [0.3, 0.4) is 0 Å². The number of hydrogen-bond donors (Lipinski definition) is 0. The van der Waals surface area contributed by atoms with Crippen molar-refractivity contribution in [3.8, 4) is 0 Å². The summed E-state index contributed by atoms with van der Waals surface area (Å²) in [4.78, 5) is 5.04. The molecule has 0 radical (unpaired) electrons. The molecule has 0 fully saturated rings. The minimum absolute atomic E-state index is 0.0956. The van der Waals surface area contributed by atoms with Crippen molar-refractivity contribution in [3.63, 3.8) is 0 Å². The molecule has 0 spiro atoms. The van der Waals surface area contributed by atoms with Crippen LogP contribution in [0.25, 0.3) is 45.2 Å². The van der Waals surface area contributed by atoms with Gasteiger partial charge in [-0.25, -0.2) is 4.98 Å². The lowest BCUT2D eigenvalue weighted by atomic mass is 9.82. The van der Waals surface area contributed by atoms with E-state index in [1.54, 1.807) is 6.08 Å². The summed E-state index contributed by atoms with van der Waals surface area (Å²) in [5.41, 5.74) is 8.45. The number of aromatic nitrogens is 3. The summed E-state index contributed by atoms with van der Waals surface area (Å²) in [6.45, 7) is 21.4. The Bertz CT molecular complexity index is 1850. The molecule has 0 amide bonds. The Morgan fingerprint density at radius 1 is 1.00 bits per heavy atom. The topological polar surface area (TPSA) is 22.8 Å². The van der Waals surface area contributed by atoms with Crippen LogP contribution in [0.4, 0.5) is 0 Å². The van der Waals surface area contributed by atoms with Gasteiger partial charge in [-0.3, -0.25) is 0 Å². The predicted octanol–water partition coefficient (Wildman–Crippen LogP) is 10.8. The zero-order valence-electron chi connectivity index (χ0n) is 25.8. The molecular formula is C40H41N3. The van der Waals surface area contributed by atoms with Crippen LogP contribution in [0.1, 0.15) is 51.3 Å². The Kier molecular flexibility index (Phi) is 8.63. The van der Waals surface area contributed by atoms with Gasteiger partial charge in [-0.05, 0) is 74.3 Å². The van der Waals surface area contributed by atoms with E-state index in [9.17, 15) is 0 Å². The Morgan fingerprint density at radius 2 is 1.67 bits per heavy atom. The molecule has 2 aromatic heterocycles. The van der Waals surface area contributed by atoms with Crippen LogP contribution in [0, 0.1) is 5.41 Å². The standard InChI is InChI=1S/C40H41N3/c1-8-17-32(29(5)10-3)30(6)39-41-35(18-9-2)36(11-4)42(39)28-16-25-40(7)26-23-31(24-27-40)43-37-21-14-12-19-33(37)34-20-13-15-22-38(34)43/h8-26H,3-5,27-28H2,1-2,6-7H3/b17-8-,18-9-,25-16+,32-30-/t40-/m0/s1. The monoisotopic (exact) mass is 563 g/mol. The third-order valence-electron chi connectivity index (χ3n) is 8.23. The highest BCUT2D eigenvalue weighted by molar-refractivity contribution is 6.10. The van der Waals surface area contributed by atoms with E-state index >= 15 is 0 Å². The molecule has 5 rings (SSSR count). The van der Waals surface area contributed by atoms with Crippen molar-refractivity contribution in [2.45, 2.75) is 40.7 Å². The lowest BCUT2D eigenvalue weighted by molar-refractivity contribution is 0.553. The van der Waals surface area contributed by atoms with Crippen LogP contribution in [0.15, 0.2) is 134 Å². The molecule has 43 heavy (non-hydrogen) atoms. The van der Waals surface area contributed by atoms with Crippen molar-refractivity contribution in [1.29, 1.82) is 0 Å². The summed E-state index contributed by atoms with van der Waals surface area (Å²) in [6.07, 6.45) is 24.3. The molecule has 2 aromatic carbocycles. The summed E-state index contributed by atoms with van der Waals surface area (Å²) in [6, 6.07) is 17.3. The van der Waals surface area contributed by atoms with Crippen molar-refractivity contribution >= 4 is 45.2 Å². The number of allylic oxidation sites excluding steroid dienone is 13. The van der Waals surface area contributed by atoms with Crippen LogP contribution in [0.2, 0.25) is 0 Å². The lowest BCUT2D eigenvalue weighted by Gasteiger charge is -2.25. The van der Waals surface area contributed by atoms with Crippen molar-refractivity contribution in [2.75, 3.05) is 0 Å². The average molecular weight is 564 g/mol. The molecule has 0 saturated heterocycles. The first kappa shape index (κ1) is 29.6. The minimum Gasteiger partial charge on any atom is -0.320 e. The first-order valence-electron chi connectivity index (χ1n) is 14.9. The number of para-hydroxylation sites is 2. The van der Waals surface area contributed by atoms with Crippen LogP contribution in [0.5, 0.6) is 0 Å². The first-order valence-corrected chi connectivity index (χ1v) is 14.9. The maximum atomic E-state index is 5.04. The van der Waals surface area contributed by atoms with Gasteiger partial charge in [0, 0.05) is 28.4 Å². The van der Waals surface area contributed by atoms with Gasteiger partial charge in [-0.15, -0.1) is 0 Å². The smallest absolute Gasteiger partial charge is 0.137 e. The van der Waals surface area contributed by atoms with E-state index in [0.29, 0.717) is 6.54 Å². The zero-order chi connectivity index (χ0) is 30.6. The Balaban J connectivity index is 1.47. The molecule has 3 nitrogen and oxygen atoms in total. The van der Waals surface area contributed by atoms with E-state index in [1.807, 2.05) is 38.2 Å². The first-order chi connectivity index (χ1) is 20.9. The van der Waals surface area contributed by atoms with Gasteiger partial charge in [-0.2, -0.15) is 0 Å². The molecule has 0 saturated carbocycles. The van der Waals surface area contributed by atoms with Crippen molar-refractivity contribution in [2.24, 2.45) is 5.41 Å². The summed E-state index contributed by atoms with van der Waals surface area (Å²) in [5.74, 6) is 0.904. The Hall–Kier alpha value is -4.89. The summed E-state index contributed by atoms with van der Waals surface area (Å²) < 4.78 is 4.62. The average Bonchev–Trinajstić information content (AvgIpc) is 3.55. The van der Waals surface area contributed by atoms with Crippen molar-refractivity contribution in [1.82, 2.24) is 14.1 Å². The molecule has 0 unspecified atom stereocenters. The second-order valence-electron chi connectivity index (χ2n) is 11.2. The molecule has 0 N–H and O–H groups in total. The third kappa shape index (κ3) is 5.63. The van der Waals surface area contributed by atoms with Gasteiger partial charge < -0.3 is 9.13 Å². The number of benzene rings is 2. The van der Waals surface area contributed by atoms with Crippen LogP contribution in [-0.4, -0.2) is 14.1 Å². The molecule has 3 heteroatoms. The zero-order valence-corrected chi connectivity index (χ0v) is 25.8. The van der Waals surface area contributed by atoms with Crippen molar-refractivity contribution in [3.05, 3.63) is 151 Å². The number of hydrogen-bond acceptors (Lipinski definition) is 1. The molecule has 216 valence electrons. The molecule has 1 aliphatic carbocycles. The molecular weight excluding hydrogens is 522 g/mol. The lowest BCUT2D eigenvalue weighted by Crippen LogP contribution is -2.13. The third-order valence-corrected chi connectivity index (χ3v) is 8.23. The second-order valence-corrected chi connectivity index (χ2v) is 11.2. The van der Waals surface area contributed by atoms with Gasteiger partial charge in [0.15, 0.2) is 0 Å².